The summed E-state index contributed by atoms with van der Waals surface area (Å²) >= 11 is 1.41. The summed E-state index contributed by atoms with van der Waals surface area (Å²) in [6, 6.07) is 0. The number of aryl methyl sites for hydroxylation is 1. The van der Waals surface area contributed by atoms with Gasteiger partial charge in [-0.15, -0.1) is 0 Å². The molecule has 0 bridgehead atoms. The average Bonchev–Trinajstić information content (AvgIpc) is 2.75. The van der Waals surface area contributed by atoms with E-state index >= 15 is 0 Å². The van der Waals surface area contributed by atoms with Gasteiger partial charge in [0.25, 0.3) is 5.56 Å². The summed E-state index contributed by atoms with van der Waals surface area (Å²) in [4.78, 5) is 12.0. The van der Waals surface area contributed by atoms with Crippen LogP contribution in [0.3, 0.4) is 0 Å². The van der Waals surface area contributed by atoms with Gasteiger partial charge in [-0.2, -0.15) is 0 Å². The first-order valence-electron chi connectivity index (χ1n) is 7.15. The third-order valence-electron chi connectivity index (χ3n) is 3.20. The molecule has 0 aromatic carbocycles. The lowest BCUT2D eigenvalue weighted by atomic mass is 10.1. The molecule has 1 atom stereocenters. The van der Waals surface area contributed by atoms with Crippen LogP contribution >= 0.6 is 11.5 Å². The Kier molecular flexibility index (Phi) is 8.02. The molecule has 0 saturated carbocycles. The Bertz CT molecular complexity index is 400. The molecular weight excluding hydrogens is 262 g/mol. The van der Waals surface area contributed by atoms with Gasteiger partial charge < -0.3 is 10.2 Å². The van der Waals surface area contributed by atoms with Crippen molar-refractivity contribution in [1.29, 1.82) is 0 Å². The molecule has 1 rings (SSSR count). The molecule has 1 aromatic heterocycles. The van der Waals surface area contributed by atoms with E-state index in [2.05, 4.69) is 6.92 Å². The molecule has 0 amide bonds. The van der Waals surface area contributed by atoms with Gasteiger partial charge in [0.15, 0.2) is 0 Å². The van der Waals surface area contributed by atoms with E-state index in [1.54, 1.807) is 9.34 Å². The van der Waals surface area contributed by atoms with Crippen LogP contribution in [-0.4, -0.2) is 26.9 Å². The smallest absolute Gasteiger partial charge is 0.263 e. The normalized spacial score (nSPS) is 12.8. The van der Waals surface area contributed by atoms with Crippen LogP contribution in [0.15, 0.2) is 10.2 Å². The van der Waals surface area contributed by atoms with Crippen molar-refractivity contribution >= 4 is 11.5 Å². The van der Waals surface area contributed by atoms with Crippen LogP contribution in [0.2, 0.25) is 0 Å². The van der Waals surface area contributed by atoms with Gasteiger partial charge in [0, 0.05) is 23.9 Å². The fourth-order valence-electron chi connectivity index (χ4n) is 2.03. The standard InChI is InChI=1S/C14H25NO3S/c1-2-3-4-5-6-7-8-15-14(18)12(11-19-15)9-13(17)10-16/h11,13,16-17H,2-10H2,1H3. The average molecular weight is 287 g/mol. The van der Waals surface area contributed by atoms with Crippen molar-refractivity contribution in [1.82, 2.24) is 3.96 Å². The Labute approximate surface area is 118 Å². The van der Waals surface area contributed by atoms with Gasteiger partial charge in [0.1, 0.15) is 0 Å². The molecule has 0 spiro atoms. The second kappa shape index (κ2) is 9.28. The number of hydrogen-bond acceptors (Lipinski definition) is 4. The molecule has 0 aliphatic rings. The van der Waals surface area contributed by atoms with Crippen LogP contribution in [0.25, 0.3) is 0 Å². The van der Waals surface area contributed by atoms with Gasteiger partial charge >= 0.3 is 0 Å². The first-order valence-corrected chi connectivity index (χ1v) is 7.99. The molecule has 0 saturated heterocycles. The summed E-state index contributed by atoms with van der Waals surface area (Å²) in [5, 5.41) is 19.9. The predicted octanol–water partition coefficient (Wildman–Crippen LogP) is 2.17. The topological polar surface area (TPSA) is 62.5 Å². The SMILES string of the molecule is CCCCCCCCn1scc(CC(O)CO)c1=O. The highest BCUT2D eigenvalue weighted by atomic mass is 32.1. The van der Waals surface area contributed by atoms with E-state index in [1.807, 2.05) is 0 Å². The lowest BCUT2D eigenvalue weighted by molar-refractivity contribution is 0.0953. The third-order valence-corrected chi connectivity index (χ3v) is 4.20. The van der Waals surface area contributed by atoms with Gasteiger partial charge in [-0.3, -0.25) is 8.75 Å². The summed E-state index contributed by atoms with van der Waals surface area (Å²) in [6.45, 7) is 2.67. The summed E-state index contributed by atoms with van der Waals surface area (Å²) in [7, 11) is 0. The van der Waals surface area contributed by atoms with Gasteiger partial charge in [-0.1, -0.05) is 50.6 Å². The van der Waals surface area contributed by atoms with Crippen LogP contribution in [-0.2, 0) is 13.0 Å². The first kappa shape index (κ1) is 16.4. The number of aliphatic hydroxyl groups is 2. The second-order valence-electron chi connectivity index (χ2n) is 4.96. The van der Waals surface area contributed by atoms with Crippen molar-refractivity contribution in [3.05, 3.63) is 21.3 Å². The second-order valence-corrected chi connectivity index (χ2v) is 5.85. The molecule has 4 nitrogen and oxygen atoms in total. The maximum Gasteiger partial charge on any atom is 0.263 e. The fraction of sp³-hybridized carbons (Fsp3) is 0.786. The number of unbranched alkanes of at least 4 members (excludes halogenated alkanes) is 5. The van der Waals surface area contributed by atoms with Gasteiger partial charge in [0.2, 0.25) is 0 Å². The molecule has 5 heteroatoms. The molecule has 1 unspecified atom stereocenters. The van der Waals surface area contributed by atoms with Crippen molar-refractivity contribution in [2.45, 2.75) is 64.5 Å². The zero-order valence-corrected chi connectivity index (χ0v) is 12.5. The van der Waals surface area contributed by atoms with Crippen molar-refractivity contribution in [2.24, 2.45) is 0 Å². The molecule has 1 aromatic rings. The van der Waals surface area contributed by atoms with Crippen LogP contribution in [0.1, 0.15) is 51.0 Å². The molecule has 2 N–H and O–H groups in total. The molecular formula is C14H25NO3S. The van der Waals surface area contributed by atoms with E-state index in [1.165, 1.54) is 43.6 Å². The zero-order valence-electron chi connectivity index (χ0n) is 11.7. The summed E-state index contributed by atoms with van der Waals surface area (Å²) in [5.74, 6) is 0. The lowest BCUT2D eigenvalue weighted by Gasteiger charge is -2.03. The van der Waals surface area contributed by atoms with E-state index in [9.17, 15) is 9.90 Å². The van der Waals surface area contributed by atoms with Crippen molar-refractivity contribution in [3.63, 3.8) is 0 Å². The first-order chi connectivity index (χ1) is 9.19. The van der Waals surface area contributed by atoms with Crippen LogP contribution in [0.5, 0.6) is 0 Å². The lowest BCUT2D eigenvalue weighted by Crippen LogP contribution is -2.22. The number of aromatic nitrogens is 1. The van der Waals surface area contributed by atoms with Crippen LogP contribution in [0.4, 0.5) is 0 Å². The number of hydrogen-bond donors (Lipinski definition) is 2. The molecule has 19 heavy (non-hydrogen) atoms. The molecule has 0 fully saturated rings. The summed E-state index contributed by atoms with van der Waals surface area (Å²) in [5.41, 5.74) is 0.601. The minimum atomic E-state index is -0.829. The Morgan fingerprint density at radius 1 is 1.26 bits per heavy atom. The Hall–Kier alpha value is -0.650. The maximum atomic E-state index is 12.0. The Morgan fingerprint density at radius 2 is 1.95 bits per heavy atom. The zero-order chi connectivity index (χ0) is 14.1. The van der Waals surface area contributed by atoms with E-state index in [0.717, 1.165) is 13.0 Å². The molecule has 0 aliphatic carbocycles. The Balaban J connectivity index is 2.33. The Morgan fingerprint density at radius 3 is 2.63 bits per heavy atom. The van der Waals surface area contributed by atoms with E-state index < -0.39 is 6.10 Å². The van der Waals surface area contributed by atoms with Gasteiger partial charge in [0.05, 0.1) is 12.7 Å². The van der Waals surface area contributed by atoms with Crippen molar-refractivity contribution in [2.75, 3.05) is 6.61 Å². The van der Waals surface area contributed by atoms with E-state index in [-0.39, 0.29) is 18.6 Å². The number of nitrogens with zero attached hydrogens (tertiary/aromatic N) is 1. The largest absolute Gasteiger partial charge is 0.394 e. The number of aliphatic hydroxyl groups excluding tert-OH is 2. The van der Waals surface area contributed by atoms with Crippen molar-refractivity contribution < 1.29 is 10.2 Å². The minimum absolute atomic E-state index is 0.00828. The van der Waals surface area contributed by atoms with E-state index in [0.29, 0.717) is 5.56 Å². The monoisotopic (exact) mass is 287 g/mol. The highest BCUT2D eigenvalue weighted by Crippen LogP contribution is 2.09. The fourth-order valence-corrected chi connectivity index (χ4v) is 2.93. The molecule has 0 aliphatic heterocycles. The minimum Gasteiger partial charge on any atom is -0.394 e. The highest BCUT2D eigenvalue weighted by Gasteiger charge is 2.11. The number of rotatable bonds is 10. The van der Waals surface area contributed by atoms with Crippen LogP contribution < -0.4 is 5.56 Å². The predicted molar refractivity (Wildman–Crippen MR) is 78.8 cm³/mol. The third kappa shape index (κ3) is 5.89. The van der Waals surface area contributed by atoms with Crippen molar-refractivity contribution in [3.8, 4) is 0 Å². The van der Waals surface area contributed by atoms with Gasteiger partial charge in [-0.25, -0.2) is 0 Å². The molecule has 110 valence electrons. The van der Waals surface area contributed by atoms with Gasteiger partial charge in [-0.05, 0) is 6.42 Å². The summed E-state index contributed by atoms with van der Waals surface area (Å²) in [6.07, 6.45) is 6.68. The molecule has 1 heterocycles. The quantitative estimate of drug-likeness (QED) is 0.648. The van der Waals surface area contributed by atoms with Crippen LogP contribution in [0, 0.1) is 0 Å². The van der Waals surface area contributed by atoms with E-state index in [4.69, 9.17) is 5.11 Å². The maximum absolute atomic E-state index is 12.0. The molecule has 0 radical (unpaired) electrons. The summed E-state index contributed by atoms with van der Waals surface area (Å²) < 4.78 is 1.75. The highest BCUT2D eigenvalue weighted by molar-refractivity contribution is 7.04.